The van der Waals surface area contributed by atoms with E-state index in [1.165, 1.54) is 12.8 Å². The number of aromatic nitrogens is 3. The number of hydrogen-bond donors (Lipinski definition) is 1. The summed E-state index contributed by atoms with van der Waals surface area (Å²) in [4.78, 5) is 9.22. The number of imidazole rings is 1. The van der Waals surface area contributed by atoms with Crippen LogP contribution in [0.4, 0.5) is 0 Å². The third-order valence-electron chi connectivity index (χ3n) is 3.60. The maximum atomic E-state index is 5.84. The van der Waals surface area contributed by atoms with Crippen molar-refractivity contribution >= 4 is 11.2 Å². The van der Waals surface area contributed by atoms with Crippen molar-refractivity contribution in [2.45, 2.75) is 25.0 Å². The first-order valence-corrected chi connectivity index (χ1v) is 6.58. The van der Waals surface area contributed by atoms with Gasteiger partial charge in [-0.3, -0.25) is 0 Å². The Bertz CT molecular complexity index is 569. The summed E-state index contributed by atoms with van der Waals surface area (Å²) in [6, 6.07) is 4.54. The van der Waals surface area contributed by atoms with Crippen LogP contribution in [0.15, 0.2) is 18.3 Å². The highest BCUT2D eigenvalue weighted by molar-refractivity contribution is 5.71. The van der Waals surface area contributed by atoms with Gasteiger partial charge in [-0.2, -0.15) is 0 Å². The predicted octanol–water partition coefficient (Wildman–Crippen LogP) is 1.43. The summed E-state index contributed by atoms with van der Waals surface area (Å²) in [6.07, 6.45) is 4.37. The molecule has 2 fully saturated rings. The highest BCUT2D eigenvalue weighted by atomic mass is 16.5. The van der Waals surface area contributed by atoms with Gasteiger partial charge in [0.2, 0.25) is 0 Å². The van der Waals surface area contributed by atoms with E-state index in [0.717, 1.165) is 36.7 Å². The second kappa shape index (κ2) is 4.03. The van der Waals surface area contributed by atoms with Gasteiger partial charge in [-0.25, -0.2) is 9.97 Å². The smallest absolute Gasteiger partial charge is 0.160 e. The van der Waals surface area contributed by atoms with Crippen LogP contribution in [0.25, 0.3) is 11.2 Å². The molecule has 1 aliphatic carbocycles. The van der Waals surface area contributed by atoms with Gasteiger partial charge in [0.15, 0.2) is 5.65 Å². The molecule has 4 rings (SSSR count). The van der Waals surface area contributed by atoms with E-state index < -0.39 is 0 Å². The van der Waals surface area contributed by atoms with Crippen LogP contribution in [0.5, 0.6) is 0 Å². The molecule has 94 valence electrons. The molecule has 3 heterocycles. The number of nitrogens with one attached hydrogen (secondary N) is 1. The van der Waals surface area contributed by atoms with Crippen molar-refractivity contribution in [3.63, 3.8) is 0 Å². The molecule has 1 saturated heterocycles. The number of ether oxygens (including phenoxy) is 1. The third-order valence-corrected chi connectivity index (χ3v) is 3.60. The Morgan fingerprint density at radius 1 is 1.39 bits per heavy atom. The monoisotopic (exact) mass is 244 g/mol. The molecule has 0 radical (unpaired) electrons. The van der Waals surface area contributed by atoms with Crippen molar-refractivity contribution in [2.75, 3.05) is 19.7 Å². The van der Waals surface area contributed by atoms with E-state index in [9.17, 15) is 0 Å². The molecule has 0 bridgehead atoms. The van der Waals surface area contributed by atoms with E-state index in [1.807, 2.05) is 18.3 Å². The summed E-state index contributed by atoms with van der Waals surface area (Å²) in [5, 5.41) is 3.37. The molecule has 0 amide bonds. The number of morpholine rings is 1. The zero-order valence-electron chi connectivity index (χ0n) is 10.2. The lowest BCUT2D eigenvalue weighted by Crippen LogP contribution is -2.34. The molecule has 5 heteroatoms. The molecule has 2 aromatic rings. The Balaban J connectivity index is 1.84. The second-order valence-corrected chi connectivity index (χ2v) is 4.98. The van der Waals surface area contributed by atoms with Crippen LogP contribution < -0.4 is 5.32 Å². The van der Waals surface area contributed by atoms with Gasteiger partial charge in [0.25, 0.3) is 0 Å². The van der Waals surface area contributed by atoms with Crippen molar-refractivity contribution in [1.82, 2.24) is 19.9 Å². The van der Waals surface area contributed by atoms with Gasteiger partial charge < -0.3 is 14.6 Å². The zero-order chi connectivity index (χ0) is 11.9. The maximum absolute atomic E-state index is 5.84. The average molecular weight is 244 g/mol. The van der Waals surface area contributed by atoms with Gasteiger partial charge in [0.05, 0.1) is 6.61 Å². The van der Waals surface area contributed by atoms with Gasteiger partial charge >= 0.3 is 0 Å². The summed E-state index contributed by atoms with van der Waals surface area (Å²) in [5.41, 5.74) is 1.98. The largest absolute Gasteiger partial charge is 0.368 e. The summed E-state index contributed by atoms with van der Waals surface area (Å²) >= 11 is 0. The summed E-state index contributed by atoms with van der Waals surface area (Å²) in [5.74, 6) is 1.04. The molecule has 18 heavy (non-hydrogen) atoms. The molecule has 1 aliphatic heterocycles. The fourth-order valence-electron chi connectivity index (χ4n) is 2.60. The molecule has 2 aromatic heterocycles. The lowest BCUT2D eigenvalue weighted by Gasteiger charge is -2.23. The van der Waals surface area contributed by atoms with Crippen molar-refractivity contribution in [1.29, 1.82) is 0 Å². The number of pyridine rings is 1. The van der Waals surface area contributed by atoms with Gasteiger partial charge in [0.1, 0.15) is 17.4 Å². The van der Waals surface area contributed by atoms with E-state index in [0.29, 0.717) is 6.04 Å². The molecule has 1 unspecified atom stereocenters. The normalized spacial score (nSPS) is 24.6. The Morgan fingerprint density at radius 3 is 3.11 bits per heavy atom. The minimum absolute atomic E-state index is 0.0635. The van der Waals surface area contributed by atoms with Crippen LogP contribution >= 0.6 is 0 Å². The summed E-state index contributed by atoms with van der Waals surface area (Å²) < 4.78 is 8.12. The number of fused-ring (bicyclic) bond motifs is 1. The highest BCUT2D eigenvalue weighted by Crippen LogP contribution is 2.39. The molecule has 1 saturated carbocycles. The average Bonchev–Trinajstić information content (AvgIpc) is 3.19. The first-order chi connectivity index (χ1) is 8.93. The van der Waals surface area contributed by atoms with Gasteiger partial charge in [-0.05, 0) is 25.0 Å². The predicted molar refractivity (Wildman–Crippen MR) is 67.4 cm³/mol. The quantitative estimate of drug-likeness (QED) is 0.868. The molecule has 5 nitrogen and oxygen atoms in total. The van der Waals surface area contributed by atoms with Crippen molar-refractivity contribution < 1.29 is 4.74 Å². The van der Waals surface area contributed by atoms with Crippen molar-refractivity contribution in [3.05, 3.63) is 24.2 Å². The Kier molecular flexibility index (Phi) is 2.34. The van der Waals surface area contributed by atoms with Gasteiger partial charge in [0, 0.05) is 25.3 Å². The number of rotatable bonds is 2. The Hall–Kier alpha value is -1.46. The van der Waals surface area contributed by atoms with Gasteiger partial charge in [-0.15, -0.1) is 0 Å². The number of hydrogen-bond acceptors (Lipinski definition) is 4. The van der Waals surface area contributed by atoms with Crippen molar-refractivity contribution in [3.8, 4) is 0 Å². The topological polar surface area (TPSA) is 52.0 Å². The van der Waals surface area contributed by atoms with Crippen LogP contribution in [0.1, 0.15) is 30.8 Å². The standard InChI is InChI=1S/C13H16N4O/c1-2-10-12(15-5-1)17(9-3-4-9)13(16-10)11-8-14-6-7-18-11/h1-2,5,9,11,14H,3-4,6-8H2. The number of nitrogens with zero attached hydrogens (tertiary/aromatic N) is 3. The summed E-state index contributed by atoms with van der Waals surface area (Å²) in [7, 11) is 0. The van der Waals surface area contributed by atoms with E-state index >= 15 is 0 Å². The maximum Gasteiger partial charge on any atom is 0.160 e. The third kappa shape index (κ3) is 1.62. The minimum Gasteiger partial charge on any atom is -0.368 e. The van der Waals surface area contributed by atoms with E-state index in [4.69, 9.17) is 9.72 Å². The fraction of sp³-hybridized carbons (Fsp3) is 0.538. The fourth-order valence-corrected chi connectivity index (χ4v) is 2.60. The van der Waals surface area contributed by atoms with Crippen molar-refractivity contribution in [2.24, 2.45) is 0 Å². The first-order valence-electron chi connectivity index (χ1n) is 6.58. The van der Waals surface area contributed by atoms with Crippen LogP contribution in [-0.4, -0.2) is 34.2 Å². The lowest BCUT2D eigenvalue weighted by atomic mass is 10.3. The van der Waals surface area contributed by atoms with Gasteiger partial charge in [-0.1, -0.05) is 0 Å². The van der Waals surface area contributed by atoms with Crippen LogP contribution in [0.3, 0.4) is 0 Å². The SMILES string of the molecule is c1cnc2c(c1)nc(C1CNCCO1)n2C1CC1. The van der Waals surface area contributed by atoms with E-state index in [-0.39, 0.29) is 6.10 Å². The highest BCUT2D eigenvalue weighted by Gasteiger charge is 2.32. The zero-order valence-corrected chi connectivity index (χ0v) is 10.2. The summed E-state index contributed by atoms with van der Waals surface area (Å²) in [6.45, 7) is 2.53. The molecule has 0 aromatic carbocycles. The Morgan fingerprint density at radius 2 is 2.33 bits per heavy atom. The van der Waals surface area contributed by atoms with Crippen LogP contribution in [0.2, 0.25) is 0 Å². The first kappa shape index (κ1) is 10.5. The minimum atomic E-state index is 0.0635. The second-order valence-electron chi connectivity index (χ2n) is 4.98. The van der Waals surface area contributed by atoms with Crippen LogP contribution in [0, 0.1) is 0 Å². The van der Waals surface area contributed by atoms with Crippen LogP contribution in [-0.2, 0) is 4.74 Å². The molecule has 1 N–H and O–H groups in total. The van der Waals surface area contributed by atoms with E-state index in [2.05, 4.69) is 14.9 Å². The molecular weight excluding hydrogens is 228 g/mol. The molecule has 2 aliphatic rings. The van der Waals surface area contributed by atoms with E-state index in [1.54, 1.807) is 0 Å². The molecular formula is C13H16N4O. The molecule has 1 atom stereocenters. The Labute approximate surface area is 105 Å². The lowest BCUT2D eigenvalue weighted by molar-refractivity contribution is 0.0202. The molecule has 0 spiro atoms.